The van der Waals surface area contributed by atoms with Crippen LogP contribution < -0.4 is 10.6 Å². The average Bonchev–Trinajstić information content (AvgIpc) is 3.43. The molecule has 10 heteroatoms. The third-order valence-electron chi connectivity index (χ3n) is 6.83. The van der Waals surface area contributed by atoms with E-state index < -0.39 is 17.7 Å². The van der Waals surface area contributed by atoms with E-state index in [1.807, 2.05) is 0 Å². The molecule has 7 nitrogen and oxygen atoms in total. The van der Waals surface area contributed by atoms with E-state index >= 15 is 0 Å². The second-order valence-corrected chi connectivity index (χ2v) is 8.82. The monoisotopic (exact) mass is 573 g/mol. The van der Waals surface area contributed by atoms with Crippen LogP contribution in [0.5, 0.6) is 0 Å². The van der Waals surface area contributed by atoms with Crippen molar-refractivity contribution in [2.75, 3.05) is 40.8 Å². The molecule has 4 rings (SSSR count). The number of carbonyl (C=O) groups is 2. The summed E-state index contributed by atoms with van der Waals surface area (Å²) in [5.74, 6) is -0.964. The Balaban J connectivity index is 0.00000306. The number of aliphatic imine (C=N–C) groups is 1. The van der Waals surface area contributed by atoms with Gasteiger partial charge in [0.25, 0.3) is 0 Å². The highest BCUT2D eigenvalue weighted by molar-refractivity contribution is 14.0. The van der Waals surface area contributed by atoms with Gasteiger partial charge in [-0.05, 0) is 44.5 Å². The Morgan fingerprint density at radius 3 is 2.21 bits per heavy atom. The topological polar surface area (TPSA) is 77.0 Å². The van der Waals surface area contributed by atoms with Crippen LogP contribution in [0.3, 0.4) is 0 Å². The average molecular weight is 573 g/mol. The summed E-state index contributed by atoms with van der Waals surface area (Å²) in [5.41, 5.74) is -0.0107. The molecule has 1 saturated heterocycles. The van der Waals surface area contributed by atoms with Crippen molar-refractivity contribution < 1.29 is 18.4 Å². The Kier molecular flexibility index (Phi) is 8.09. The van der Waals surface area contributed by atoms with Crippen molar-refractivity contribution in [2.45, 2.75) is 12.5 Å². The van der Waals surface area contributed by atoms with Gasteiger partial charge in [0.15, 0.2) is 5.96 Å². The molecule has 1 aromatic carbocycles. The van der Waals surface area contributed by atoms with Gasteiger partial charge >= 0.3 is 0 Å². The predicted octanol–water partition coefficient (Wildman–Crippen LogP) is 2.16. The Morgan fingerprint density at radius 2 is 1.70 bits per heavy atom. The van der Waals surface area contributed by atoms with E-state index in [4.69, 9.17) is 0 Å². The number of allylic oxidation sites excluding steroid dienone is 2. The van der Waals surface area contributed by atoms with Gasteiger partial charge in [0.2, 0.25) is 11.8 Å². The molecule has 2 N–H and O–H groups in total. The highest BCUT2D eigenvalue weighted by atomic mass is 127. The zero-order valence-corrected chi connectivity index (χ0v) is 21.3. The summed E-state index contributed by atoms with van der Waals surface area (Å²) in [5, 5.41) is 6.17. The maximum absolute atomic E-state index is 14.3. The molecule has 2 bridgehead atoms. The third kappa shape index (κ3) is 4.77. The summed E-state index contributed by atoms with van der Waals surface area (Å²) in [6.07, 6.45) is 5.05. The summed E-state index contributed by atoms with van der Waals surface area (Å²) in [6, 6.07) is 3.26. The second kappa shape index (κ2) is 10.5. The van der Waals surface area contributed by atoms with Crippen LogP contribution in [0, 0.1) is 35.3 Å². The maximum atomic E-state index is 14.3. The van der Waals surface area contributed by atoms with Crippen LogP contribution in [0.15, 0.2) is 35.3 Å². The minimum Gasteiger partial charge on any atom is -0.355 e. The van der Waals surface area contributed by atoms with Gasteiger partial charge in [-0.15, -0.1) is 24.0 Å². The number of hydrogen-bond acceptors (Lipinski definition) is 4. The smallest absolute Gasteiger partial charge is 0.233 e. The van der Waals surface area contributed by atoms with Gasteiger partial charge in [-0.25, -0.2) is 8.78 Å². The first kappa shape index (κ1) is 25.5. The highest BCUT2D eigenvalue weighted by Gasteiger charge is 2.58. The van der Waals surface area contributed by atoms with Gasteiger partial charge in [-0.2, -0.15) is 0 Å². The van der Waals surface area contributed by atoms with Crippen LogP contribution in [0.1, 0.15) is 18.0 Å². The number of amides is 2. The molecule has 1 aliphatic heterocycles. The van der Waals surface area contributed by atoms with Gasteiger partial charge in [-0.1, -0.05) is 18.2 Å². The summed E-state index contributed by atoms with van der Waals surface area (Å²) in [7, 11) is 5.08. The molecule has 1 aromatic rings. The van der Waals surface area contributed by atoms with Gasteiger partial charge < -0.3 is 15.5 Å². The number of halogens is 3. The largest absolute Gasteiger partial charge is 0.355 e. The van der Waals surface area contributed by atoms with E-state index in [0.717, 1.165) is 6.42 Å². The van der Waals surface area contributed by atoms with E-state index in [9.17, 15) is 18.4 Å². The van der Waals surface area contributed by atoms with Crippen molar-refractivity contribution in [2.24, 2.45) is 28.7 Å². The van der Waals surface area contributed by atoms with Crippen molar-refractivity contribution in [1.82, 2.24) is 20.4 Å². The van der Waals surface area contributed by atoms with Crippen LogP contribution in [0.25, 0.3) is 0 Å². The summed E-state index contributed by atoms with van der Waals surface area (Å²) in [6.45, 7) is 0.801. The molecule has 3 aliphatic rings. The lowest BCUT2D eigenvalue weighted by Crippen LogP contribution is -2.45. The predicted molar refractivity (Wildman–Crippen MR) is 132 cm³/mol. The molecule has 33 heavy (non-hydrogen) atoms. The van der Waals surface area contributed by atoms with E-state index in [2.05, 4.69) is 27.8 Å². The van der Waals surface area contributed by atoms with Crippen molar-refractivity contribution in [3.8, 4) is 0 Å². The van der Waals surface area contributed by atoms with Crippen LogP contribution in [0.2, 0.25) is 0 Å². The first-order valence-corrected chi connectivity index (χ1v) is 10.9. The SMILES string of the molecule is CN=C(NCCN1C(=O)C2C3C=CC(C3)C2C1=O)NCC(c1c(F)cccc1F)N(C)C.I. The van der Waals surface area contributed by atoms with E-state index in [1.165, 1.54) is 23.1 Å². The number of imide groups is 1. The number of likely N-dealkylation sites (tertiary alicyclic amines) is 1. The fourth-order valence-electron chi connectivity index (χ4n) is 5.26. The number of fused-ring (bicyclic) bond motifs is 5. The van der Waals surface area contributed by atoms with Crippen LogP contribution in [-0.2, 0) is 9.59 Å². The quantitative estimate of drug-likeness (QED) is 0.172. The first-order chi connectivity index (χ1) is 15.3. The minimum absolute atomic E-state index is 0. The van der Waals surface area contributed by atoms with Crippen molar-refractivity contribution in [3.63, 3.8) is 0 Å². The summed E-state index contributed by atoms with van der Waals surface area (Å²) >= 11 is 0. The van der Waals surface area contributed by atoms with Crippen molar-refractivity contribution >= 4 is 41.8 Å². The second-order valence-electron chi connectivity index (χ2n) is 8.82. The lowest BCUT2D eigenvalue weighted by atomic mass is 9.85. The minimum atomic E-state index is -0.603. The fraction of sp³-hybridized carbons (Fsp3) is 0.522. The molecule has 0 radical (unpaired) electrons. The lowest BCUT2D eigenvalue weighted by Gasteiger charge is -2.27. The van der Waals surface area contributed by atoms with E-state index in [-0.39, 0.29) is 78.1 Å². The lowest BCUT2D eigenvalue weighted by molar-refractivity contribution is -0.140. The molecule has 5 unspecified atom stereocenters. The van der Waals surface area contributed by atoms with E-state index in [1.54, 1.807) is 26.0 Å². The van der Waals surface area contributed by atoms with Crippen LogP contribution in [-0.4, -0.2) is 68.4 Å². The number of carbonyl (C=O) groups excluding carboxylic acids is 2. The normalized spacial score (nSPS) is 26.6. The molecule has 5 atom stereocenters. The van der Waals surface area contributed by atoms with Gasteiger partial charge in [0.1, 0.15) is 11.6 Å². The maximum Gasteiger partial charge on any atom is 0.233 e. The number of benzene rings is 1. The molecule has 180 valence electrons. The summed E-state index contributed by atoms with van der Waals surface area (Å²) in [4.78, 5) is 32.8. The van der Waals surface area contributed by atoms with Crippen LogP contribution >= 0.6 is 24.0 Å². The van der Waals surface area contributed by atoms with Gasteiger partial charge in [0.05, 0.1) is 17.9 Å². The van der Waals surface area contributed by atoms with Gasteiger partial charge in [0, 0.05) is 32.2 Å². The third-order valence-corrected chi connectivity index (χ3v) is 6.83. The van der Waals surface area contributed by atoms with Gasteiger partial charge in [-0.3, -0.25) is 19.5 Å². The molecular formula is C23H30F2IN5O2. The zero-order chi connectivity index (χ0) is 23.0. The number of nitrogens with zero attached hydrogens (tertiary/aromatic N) is 3. The number of guanidine groups is 1. The number of likely N-dealkylation sites (N-methyl/N-ethyl adjacent to an activating group) is 1. The van der Waals surface area contributed by atoms with Crippen molar-refractivity contribution in [1.29, 1.82) is 0 Å². The standard InChI is InChI=1S/C23H29F2N5O2.HI/c1-26-23(28-12-17(29(2)3)20-15(24)5-4-6-16(20)25)27-9-10-30-21(31)18-13-7-8-14(11-13)19(18)22(30)32;/h4-8,13-14,17-19H,9-12H2,1-3H3,(H2,26,27,28);1H. The molecular weight excluding hydrogens is 543 g/mol. The van der Waals surface area contributed by atoms with Crippen molar-refractivity contribution in [3.05, 3.63) is 47.5 Å². The molecule has 2 amide bonds. The highest BCUT2D eigenvalue weighted by Crippen LogP contribution is 2.52. The molecule has 2 fully saturated rings. The Morgan fingerprint density at radius 1 is 1.12 bits per heavy atom. The number of hydrogen-bond donors (Lipinski definition) is 2. The summed E-state index contributed by atoms with van der Waals surface area (Å²) < 4.78 is 28.5. The molecule has 2 aliphatic carbocycles. The number of nitrogens with one attached hydrogen (secondary N) is 2. The van der Waals surface area contributed by atoms with Crippen LogP contribution in [0.4, 0.5) is 8.78 Å². The number of rotatable bonds is 7. The van der Waals surface area contributed by atoms with E-state index in [0.29, 0.717) is 12.5 Å². The molecule has 1 saturated carbocycles. The fourth-order valence-corrected chi connectivity index (χ4v) is 5.26. The Labute approximate surface area is 209 Å². The molecule has 1 heterocycles. The Hall–Kier alpha value is -2.08. The first-order valence-electron chi connectivity index (χ1n) is 10.9. The zero-order valence-electron chi connectivity index (χ0n) is 18.9. The Bertz CT molecular complexity index is 920. The molecule has 0 spiro atoms. The molecule has 0 aromatic heterocycles.